The van der Waals surface area contributed by atoms with E-state index in [1.807, 2.05) is 0 Å². The fourth-order valence-electron chi connectivity index (χ4n) is 0. The van der Waals surface area contributed by atoms with Gasteiger partial charge in [0, 0.05) is 0 Å². The van der Waals surface area contributed by atoms with Crippen molar-refractivity contribution in [2.75, 3.05) is 0 Å². The summed E-state index contributed by atoms with van der Waals surface area (Å²) >= 11 is 12.8. The average Bonchev–Trinajstić information content (AvgIpc) is 1.38. The Morgan fingerprint density at radius 2 is 1.43 bits per heavy atom. The number of hydrogen-bond acceptors (Lipinski definition) is 0. The molecule has 0 aromatic carbocycles. The van der Waals surface area contributed by atoms with Gasteiger partial charge in [0.1, 0.15) is 0 Å². The van der Waals surface area contributed by atoms with Gasteiger partial charge >= 0.3 is 49.6 Å². The molecule has 0 spiro atoms. The monoisotopic (exact) mass is 194 g/mol. The summed E-state index contributed by atoms with van der Waals surface area (Å²) in [5.41, 5.74) is 0. The molecule has 0 aliphatic heterocycles. The van der Waals surface area contributed by atoms with Crippen LogP contribution in [0.15, 0.2) is 0 Å². The second-order valence-electron chi connectivity index (χ2n) is 0.627. The summed E-state index contributed by atoms with van der Waals surface area (Å²) in [7, 11) is 0. The normalized spacial score (nSPS) is 7.00. The topological polar surface area (TPSA) is 0 Å². The molecule has 0 nitrogen and oxygen atoms in total. The molecule has 0 heterocycles. The zero-order valence-electron chi connectivity index (χ0n) is 3.37. The van der Waals surface area contributed by atoms with Crippen LogP contribution in [0.25, 0.3) is 0 Å². The fourth-order valence-corrected chi connectivity index (χ4v) is 0. The molecule has 0 aliphatic carbocycles. The van der Waals surface area contributed by atoms with Gasteiger partial charge < -0.3 is 24.8 Å². The smallest absolute Gasteiger partial charge is 1.00 e. The van der Waals surface area contributed by atoms with E-state index in [0.29, 0.717) is 0 Å². The quantitative estimate of drug-likeness (QED) is 0.292. The summed E-state index contributed by atoms with van der Waals surface area (Å²) < 4.78 is 0. The Labute approximate surface area is 74.2 Å². The Morgan fingerprint density at radius 3 is 1.43 bits per heavy atom. The molecule has 0 aromatic heterocycles. The first-order valence-corrected chi connectivity index (χ1v) is 2.94. The van der Waals surface area contributed by atoms with E-state index >= 15 is 0 Å². The van der Waals surface area contributed by atoms with Crippen LogP contribution in [-0.4, -0.2) is 21.1 Å². The van der Waals surface area contributed by atoms with Crippen LogP contribution in [0.3, 0.4) is 0 Å². The summed E-state index contributed by atoms with van der Waals surface area (Å²) in [6.07, 6.45) is 0. The van der Waals surface area contributed by atoms with Gasteiger partial charge in [-0.3, -0.25) is 0 Å². The molecule has 0 rings (SSSR count). The maximum absolute atomic E-state index is 5.21. The summed E-state index contributed by atoms with van der Waals surface area (Å²) in [6.45, 7) is 0. The van der Waals surface area contributed by atoms with Crippen LogP contribution in [0.4, 0.5) is 0 Å². The maximum Gasteiger partial charge on any atom is -1.00 e. The molecule has 0 fully saturated rings. The first-order valence-electron chi connectivity index (χ1n) is 1.25. The number of rotatable bonds is 1. The van der Waals surface area contributed by atoms with Crippen molar-refractivity contribution in [3.63, 3.8) is 0 Å². The third-order valence-corrected chi connectivity index (χ3v) is 1.60. The molecule has 5 heteroatoms. The molecule has 0 radical (unpaired) electrons. The first kappa shape index (κ1) is 15.9. The second kappa shape index (κ2) is 10.6. The van der Waals surface area contributed by atoms with E-state index in [1.165, 1.54) is 0 Å². The van der Waals surface area contributed by atoms with Crippen LogP contribution in [0.2, 0.25) is 5.28 Å². The molecule has 42 valence electrons. The predicted molar refractivity (Wildman–Crippen MR) is 26.1 cm³/mol. The summed E-state index contributed by atoms with van der Waals surface area (Å²) in [4.78, 5) is -0.208. The fraction of sp³-hybridized carbons (Fsp3) is 1.00. The van der Waals surface area contributed by atoms with Gasteiger partial charge in [0.25, 0.3) is 0 Å². The molecule has 0 saturated carbocycles. The van der Waals surface area contributed by atoms with Crippen LogP contribution in [0.1, 0.15) is 0 Å². The van der Waals surface area contributed by atoms with Crippen LogP contribution in [-0.2, 0) is 0 Å². The minimum atomic E-state index is -0.208. The van der Waals surface area contributed by atoms with Crippen LogP contribution in [0.5, 0.6) is 0 Å². The molecule has 0 atom stereocenters. The Bertz CT molecular complexity index is 23.7. The predicted octanol–water partition coefficient (Wildman–Crippen LogP) is -4.62. The number of alkyl halides is 2. The maximum atomic E-state index is 5.21. The van der Waals surface area contributed by atoms with E-state index in [-0.39, 0.29) is 29.7 Å². The summed E-state index contributed by atoms with van der Waals surface area (Å²) in [5, 5.41) is 0.753. The molecule has 0 saturated heterocycles. The van der Waals surface area contributed by atoms with Crippen molar-refractivity contribution in [2.24, 2.45) is 0 Å². The van der Waals surface area contributed by atoms with Crippen molar-refractivity contribution < 1.29 is 24.8 Å². The van der Waals surface area contributed by atoms with E-state index in [9.17, 15) is 0 Å². The van der Waals surface area contributed by atoms with Crippen molar-refractivity contribution in [2.45, 2.75) is 10.1 Å². The van der Waals surface area contributed by atoms with E-state index < -0.39 is 0 Å². The van der Waals surface area contributed by atoms with Crippen molar-refractivity contribution in [3.05, 3.63) is 0 Å². The standard InChI is InChI=1S/C2H3Cl2.Al.2ClH/c1-2(3)4;;;/h2H,1H2;;2*1H/q;+2;;/p-2. The molecule has 7 heavy (non-hydrogen) atoms. The third kappa shape index (κ3) is 18.3. The molecule has 0 N–H and O–H groups in total. The Morgan fingerprint density at radius 1 is 1.29 bits per heavy atom. The zero-order chi connectivity index (χ0) is 4.28. The molecule has 0 amide bonds. The van der Waals surface area contributed by atoms with E-state index in [0.717, 1.165) is 5.28 Å². The van der Waals surface area contributed by atoms with Gasteiger partial charge in [-0.05, 0) is 0 Å². The van der Waals surface area contributed by atoms with Crippen LogP contribution < -0.4 is 24.8 Å². The van der Waals surface area contributed by atoms with Gasteiger partial charge in [-0.25, -0.2) is 0 Å². The SMILES string of the molecule is [Al+2][CH2]C(Cl)Cl.[Cl-].[Cl-]. The Kier molecular flexibility index (Phi) is 24.1. The minimum Gasteiger partial charge on any atom is -1.00 e. The summed E-state index contributed by atoms with van der Waals surface area (Å²) in [6, 6.07) is 0. The first-order chi connectivity index (χ1) is 2.27. The van der Waals surface area contributed by atoms with Gasteiger partial charge in [0.05, 0.1) is 0 Å². The van der Waals surface area contributed by atoms with Crippen molar-refractivity contribution in [1.29, 1.82) is 0 Å². The number of halogens is 4. The zero-order valence-corrected chi connectivity index (χ0v) is 7.55. The minimum absolute atomic E-state index is 0. The molecule has 0 unspecified atom stereocenters. The van der Waals surface area contributed by atoms with E-state index in [2.05, 4.69) is 16.3 Å². The Balaban J connectivity index is -0.0000000800. The van der Waals surface area contributed by atoms with Gasteiger partial charge in [0.2, 0.25) is 0 Å². The summed E-state index contributed by atoms with van der Waals surface area (Å²) in [5.74, 6) is 0. The Hall–Kier alpha value is 1.69. The van der Waals surface area contributed by atoms with Crippen LogP contribution in [0, 0.1) is 0 Å². The van der Waals surface area contributed by atoms with Gasteiger partial charge in [-0.1, -0.05) is 0 Å². The van der Waals surface area contributed by atoms with E-state index in [4.69, 9.17) is 23.2 Å². The molecule has 0 aliphatic rings. The third-order valence-electron chi connectivity index (χ3n) is 0.178. The van der Waals surface area contributed by atoms with Gasteiger partial charge in [0.15, 0.2) is 0 Å². The van der Waals surface area contributed by atoms with Crippen LogP contribution >= 0.6 is 23.2 Å². The molecule has 0 bridgehead atoms. The average molecular weight is 196 g/mol. The second-order valence-corrected chi connectivity index (χ2v) is 2.38. The van der Waals surface area contributed by atoms with E-state index in [1.54, 1.807) is 0 Å². The van der Waals surface area contributed by atoms with Crippen molar-refractivity contribution >= 4 is 39.5 Å². The van der Waals surface area contributed by atoms with Gasteiger partial charge in [-0.15, -0.1) is 0 Å². The molecular weight excluding hydrogens is 193 g/mol. The van der Waals surface area contributed by atoms with Crippen molar-refractivity contribution in [1.82, 2.24) is 0 Å². The molecule has 0 aromatic rings. The largest absolute Gasteiger partial charge is 1.00 e. The number of hydrogen-bond donors (Lipinski definition) is 0. The molecular formula is C2H3AlCl4. The van der Waals surface area contributed by atoms with Gasteiger partial charge in [-0.2, -0.15) is 0 Å². The van der Waals surface area contributed by atoms with Crippen molar-refractivity contribution in [3.8, 4) is 0 Å².